The Morgan fingerprint density at radius 1 is 1.12 bits per heavy atom. The summed E-state index contributed by atoms with van der Waals surface area (Å²) in [6.45, 7) is 1.14. The Bertz CT molecular complexity index is 1400. The maximum absolute atomic E-state index is 13.2. The molecule has 0 aliphatic rings. The zero-order valence-corrected chi connectivity index (χ0v) is 18.8. The number of nitro benzene ring substituents is 1. The fourth-order valence-corrected chi connectivity index (χ4v) is 4.50. The summed E-state index contributed by atoms with van der Waals surface area (Å²) in [6, 6.07) is 14.0. The minimum absolute atomic E-state index is 0.0353. The van der Waals surface area contributed by atoms with E-state index in [1.54, 1.807) is 48.9 Å². The molecule has 2 heterocycles. The van der Waals surface area contributed by atoms with Gasteiger partial charge in [-0.2, -0.15) is 4.98 Å². The molecule has 2 aromatic carbocycles. The van der Waals surface area contributed by atoms with Crippen LogP contribution in [-0.4, -0.2) is 34.4 Å². The molecule has 0 saturated heterocycles. The van der Waals surface area contributed by atoms with Gasteiger partial charge >= 0.3 is 0 Å². The van der Waals surface area contributed by atoms with Gasteiger partial charge in [0.05, 0.1) is 16.1 Å². The first kappa shape index (κ1) is 22.9. The molecule has 0 aliphatic heterocycles. The predicted molar refractivity (Wildman–Crippen MR) is 126 cm³/mol. The van der Waals surface area contributed by atoms with E-state index in [0.717, 1.165) is 0 Å². The normalized spacial score (nSPS) is 11.6. The van der Waals surface area contributed by atoms with Gasteiger partial charge in [0.15, 0.2) is 0 Å². The summed E-state index contributed by atoms with van der Waals surface area (Å²) in [7, 11) is -3.94. The smallest absolute Gasteiger partial charge is 0.270 e. The van der Waals surface area contributed by atoms with Crippen LogP contribution in [0.4, 0.5) is 11.6 Å². The summed E-state index contributed by atoms with van der Waals surface area (Å²) < 4.78 is 34.0. The first-order chi connectivity index (χ1) is 16.4. The van der Waals surface area contributed by atoms with E-state index in [9.17, 15) is 18.5 Å². The van der Waals surface area contributed by atoms with Crippen molar-refractivity contribution >= 4 is 33.6 Å². The van der Waals surface area contributed by atoms with Crippen molar-refractivity contribution in [3.63, 3.8) is 0 Å². The number of non-ortho nitro benzene ring substituents is 1. The molecule has 0 bridgehead atoms. The lowest BCUT2D eigenvalue weighted by Gasteiger charge is -2.06. The van der Waals surface area contributed by atoms with E-state index in [1.807, 2.05) is 10.8 Å². The van der Waals surface area contributed by atoms with Crippen molar-refractivity contribution in [2.45, 2.75) is 22.9 Å². The average Bonchev–Trinajstić information content (AvgIpc) is 3.51. The van der Waals surface area contributed by atoms with E-state index in [0.29, 0.717) is 25.1 Å². The van der Waals surface area contributed by atoms with Gasteiger partial charge in [-0.05, 0) is 30.2 Å². The number of rotatable bonds is 10. The van der Waals surface area contributed by atoms with Crippen molar-refractivity contribution in [1.82, 2.24) is 14.5 Å². The molecule has 2 aromatic heterocycles. The van der Waals surface area contributed by atoms with Crippen molar-refractivity contribution in [3.8, 4) is 0 Å². The number of aromatic nitrogens is 3. The van der Waals surface area contributed by atoms with Crippen LogP contribution >= 0.6 is 0 Å². The second-order valence-electron chi connectivity index (χ2n) is 7.27. The molecule has 4 aromatic rings. The lowest BCUT2D eigenvalue weighted by molar-refractivity contribution is -0.384. The highest BCUT2D eigenvalue weighted by molar-refractivity contribution is 7.91. The average molecular weight is 480 g/mol. The van der Waals surface area contributed by atoms with Crippen LogP contribution in [0.25, 0.3) is 12.2 Å². The maximum Gasteiger partial charge on any atom is 0.270 e. The van der Waals surface area contributed by atoms with Gasteiger partial charge in [0, 0.05) is 43.7 Å². The van der Waals surface area contributed by atoms with Crippen molar-refractivity contribution in [3.05, 3.63) is 94.9 Å². The molecule has 0 unspecified atom stereocenters. The zero-order valence-electron chi connectivity index (χ0n) is 17.9. The molecule has 11 heteroatoms. The van der Waals surface area contributed by atoms with Gasteiger partial charge in [-0.3, -0.25) is 10.1 Å². The van der Waals surface area contributed by atoms with Crippen LogP contribution in [0, 0.1) is 10.1 Å². The summed E-state index contributed by atoms with van der Waals surface area (Å²) in [5, 5.41) is 13.8. The molecular formula is C23H21N5O5S. The number of aryl methyl sites for hydroxylation is 1. The molecule has 10 nitrogen and oxygen atoms in total. The van der Waals surface area contributed by atoms with Crippen LogP contribution in [-0.2, 0) is 16.4 Å². The molecule has 0 spiro atoms. The number of nitrogens with zero attached hydrogens (tertiary/aromatic N) is 4. The number of nitro groups is 1. The zero-order chi connectivity index (χ0) is 24.0. The highest BCUT2D eigenvalue weighted by Gasteiger charge is 2.27. The highest BCUT2D eigenvalue weighted by atomic mass is 32.2. The third kappa shape index (κ3) is 5.38. The van der Waals surface area contributed by atoms with E-state index in [2.05, 4.69) is 15.3 Å². The minimum atomic E-state index is -3.94. The molecule has 0 aliphatic carbocycles. The van der Waals surface area contributed by atoms with Crippen LogP contribution in [0.15, 0.2) is 87.7 Å². The molecule has 0 fully saturated rings. The van der Waals surface area contributed by atoms with E-state index < -0.39 is 14.8 Å². The molecule has 0 radical (unpaired) electrons. The predicted octanol–water partition coefficient (Wildman–Crippen LogP) is 4.28. The number of oxazole rings is 1. The van der Waals surface area contributed by atoms with Crippen molar-refractivity contribution < 1.29 is 17.8 Å². The second kappa shape index (κ2) is 10.1. The molecule has 0 atom stereocenters. The van der Waals surface area contributed by atoms with Crippen molar-refractivity contribution in [2.24, 2.45) is 0 Å². The topological polar surface area (TPSA) is 133 Å². The number of benzene rings is 2. The summed E-state index contributed by atoms with van der Waals surface area (Å²) in [6.07, 6.45) is 8.97. The van der Waals surface area contributed by atoms with Crippen LogP contribution in [0.1, 0.15) is 17.9 Å². The largest absolute Gasteiger partial charge is 0.420 e. The lowest BCUT2D eigenvalue weighted by atomic mass is 10.2. The number of hydrogen-bond donors (Lipinski definition) is 1. The Hall–Kier alpha value is -4.25. The first-order valence-corrected chi connectivity index (χ1v) is 11.8. The number of imidazole rings is 1. The molecule has 0 saturated carbocycles. The Morgan fingerprint density at radius 2 is 1.94 bits per heavy atom. The van der Waals surface area contributed by atoms with E-state index in [-0.39, 0.29) is 27.4 Å². The summed E-state index contributed by atoms with van der Waals surface area (Å²) in [5.74, 6) is 0.0892. The fourth-order valence-electron chi connectivity index (χ4n) is 3.19. The number of anilines is 1. The minimum Gasteiger partial charge on any atom is -0.420 e. The number of nitrogens with one attached hydrogen (secondary N) is 1. The number of sulfone groups is 1. The van der Waals surface area contributed by atoms with Crippen LogP contribution < -0.4 is 5.32 Å². The van der Waals surface area contributed by atoms with E-state index >= 15 is 0 Å². The van der Waals surface area contributed by atoms with Gasteiger partial charge in [-0.1, -0.05) is 30.3 Å². The van der Waals surface area contributed by atoms with Gasteiger partial charge in [-0.25, -0.2) is 13.4 Å². The third-order valence-corrected chi connectivity index (χ3v) is 6.54. The van der Waals surface area contributed by atoms with Gasteiger partial charge in [-0.15, -0.1) is 0 Å². The van der Waals surface area contributed by atoms with Crippen molar-refractivity contribution in [1.29, 1.82) is 0 Å². The Morgan fingerprint density at radius 3 is 2.68 bits per heavy atom. The maximum atomic E-state index is 13.2. The standard InChI is InChI=1S/C23H21N5O5S/c29-28(30)19-7-4-6-18(16-19)10-11-21-26-23(34(31,32)20-8-2-1-3-9-20)22(33-21)25-12-5-14-27-15-13-24-17-27/h1-4,6-11,13,15-17,25H,5,12,14H2. The Kier molecular flexibility index (Phi) is 6.83. The number of hydrogen-bond acceptors (Lipinski definition) is 8. The molecule has 0 amide bonds. The van der Waals surface area contributed by atoms with Crippen LogP contribution in [0.5, 0.6) is 0 Å². The molecular weight excluding hydrogens is 458 g/mol. The lowest BCUT2D eigenvalue weighted by Crippen LogP contribution is -2.09. The molecule has 1 N–H and O–H groups in total. The molecule has 174 valence electrons. The Labute approximate surface area is 195 Å². The summed E-state index contributed by atoms with van der Waals surface area (Å²) in [5.41, 5.74) is 0.497. The summed E-state index contributed by atoms with van der Waals surface area (Å²) >= 11 is 0. The fraction of sp³-hybridized carbons (Fsp3) is 0.130. The molecule has 34 heavy (non-hydrogen) atoms. The Balaban J connectivity index is 1.59. The quantitative estimate of drug-likeness (QED) is 0.202. The first-order valence-electron chi connectivity index (χ1n) is 10.4. The van der Waals surface area contributed by atoms with Crippen LogP contribution in [0.3, 0.4) is 0 Å². The van der Waals surface area contributed by atoms with E-state index in [1.165, 1.54) is 30.3 Å². The monoisotopic (exact) mass is 479 g/mol. The SMILES string of the molecule is O=[N+]([O-])c1cccc(C=Cc2nc(S(=O)(=O)c3ccccc3)c(NCCCn3ccnc3)o2)c1. The van der Waals surface area contributed by atoms with Gasteiger partial charge in [0.2, 0.25) is 26.6 Å². The van der Waals surface area contributed by atoms with Gasteiger partial charge in [0.1, 0.15) is 0 Å². The van der Waals surface area contributed by atoms with Gasteiger partial charge < -0.3 is 14.3 Å². The third-order valence-electron chi connectivity index (χ3n) is 4.86. The van der Waals surface area contributed by atoms with Gasteiger partial charge in [0.25, 0.3) is 5.69 Å². The van der Waals surface area contributed by atoms with E-state index in [4.69, 9.17) is 4.42 Å². The highest BCUT2D eigenvalue weighted by Crippen LogP contribution is 2.29. The molecule has 4 rings (SSSR count). The summed E-state index contributed by atoms with van der Waals surface area (Å²) in [4.78, 5) is 18.8. The second-order valence-corrected chi connectivity index (χ2v) is 9.13. The van der Waals surface area contributed by atoms with Crippen molar-refractivity contribution in [2.75, 3.05) is 11.9 Å². The van der Waals surface area contributed by atoms with Crippen LogP contribution in [0.2, 0.25) is 0 Å².